The Bertz CT molecular complexity index is 2150. The Balaban J connectivity index is 1.11. The van der Waals surface area contributed by atoms with Gasteiger partial charge in [-0.3, -0.25) is 24.1 Å². The second-order valence-electron chi connectivity index (χ2n) is 12.9. The summed E-state index contributed by atoms with van der Waals surface area (Å²) in [4.78, 5) is 57.6. The lowest BCUT2D eigenvalue weighted by molar-refractivity contribution is -0.138. The zero-order chi connectivity index (χ0) is 36.0. The summed E-state index contributed by atoms with van der Waals surface area (Å²) in [6, 6.07) is 15.5. The van der Waals surface area contributed by atoms with Crippen LogP contribution in [0.1, 0.15) is 33.9 Å². The molecule has 51 heavy (non-hydrogen) atoms. The summed E-state index contributed by atoms with van der Waals surface area (Å²) < 4.78 is 87.1. The number of carbonyl (C=O) groups is 3. The molecule has 2 N–H and O–H groups in total. The van der Waals surface area contributed by atoms with Crippen molar-refractivity contribution in [1.29, 1.82) is 0 Å². The molecule has 2 aliphatic carbocycles. The highest BCUT2D eigenvalue weighted by atomic mass is 32.2. The number of nitrogens with zero attached hydrogens (tertiary/aromatic N) is 1. The molecule has 1 saturated heterocycles. The van der Waals surface area contributed by atoms with Gasteiger partial charge in [-0.2, -0.15) is 26.3 Å². The van der Waals surface area contributed by atoms with E-state index >= 15 is 0 Å². The van der Waals surface area contributed by atoms with Crippen LogP contribution in [0.4, 0.5) is 37.7 Å². The first-order chi connectivity index (χ1) is 24.2. The molecule has 1 aromatic heterocycles. The lowest BCUT2D eigenvalue weighted by Gasteiger charge is -2.43. The number of hydrogen-bond donors (Lipinski definition) is 2. The number of benzene rings is 3. The SMILES string of the molecule is O=C(COc1ccccc1[C@@H]1c2sc(=O)[nH]c2S[C@@H]2[C@@H]3C[C@@H]([C@@H]4C(=O)N(c5cccc(C(F)(F)F)c5)C(=O)[C@@H]34)[C@H]12)Nc1ccccc1C(F)(F)F. The predicted molar refractivity (Wildman–Crippen MR) is 174 cm³/mol. The van der Waals surface area contributed by atoms with E-state index in [9.17, 15) is 45.5 Å². The molecule has 2 saturated carbocycles. The topological polar surface area (TPSA) is 109 Å². The molecule has 3 amide bonds. The third kappa shape index (κ3) is 5.53. The van der Waals surface area contributed by atoms with Crippen LogP contribution in [0.2, 0.25) is 0 Å². The van der Waals surface area contributed by atoms with Crippen molar-refractivity contribution in [1.82, 2.24) is 4.98 Å². The van der Waals surface area contributed by atoms with Gasteiger partial charge in [0, 0.05) is 21.6 Å². The van der Waals surface area contributed by atoms with Gasteiger partial charge in [0.2, 0.25) is 11.8 Å². The van der Waals surface area contributed by atoms with Crippen molar-refractivity contribution in [3.8, 4) is 5.75 Å². The fourth-order valence-electron chi connectivity index (χ4n) is 8.48. The van der Waals surface area contributed by atoms with E-state index in [1.807, 2.05) is 0 Å². The predicted octanol–water partition coefficient (Wildman–Crippen LogP) is 7.17. The van der Waals surface area contributed by atoms with Crippen LogP contribution >= 0.6 is 23.1 Å². The molecule has 4 aliphatic rings. The van der Waals surface area contributed by atoms with E-state index in [0.717, 1.165) is 46.6 Å². The zero-order valence-corrected chi connectivity index (χ0v) is 27.6. The van der Waals surface area contributed by atoms with Crippen LogP contribution in [0.15, 0.2) is 82.6 Å². The standard InChI is InChI=1S/C35H25F6N3O5S2/c36-34(37,38)15-6-5-7-16(12-15)44-31(46)26-18-13-19(27(26)32(44)47)28-25(18)24(29-30(50-28)43-33(48)51-29)17-8-1-4-11-22(17)49-14-23(45)42-21-10-3-2-9-20(21)35(39,40)41/h1-12,18-19,24-28H,13-14H2,(H,42,45)(H,43,48)/t18-,19-,24+,25-,26+,27+,28-/m1/s1. The Morgan fingerprint density at radius 1 is 0.882 bits per heavy atom. The van der Waals surface area contributed by atoms with Gasteiger partial charge >= 0.3 is 17.2 Å². The van der Waals surface area contributed by atoms with Gasteiger partial charge < -0.3 is 15.0 Å². The number of thiazole rings is 1. The summed E-state index contributed by atoms with van der Waals surface area (Å²) in [5.41, 5.74) is -1.97. The van der Waals surface area contributed by atoms with Crippen LogP contribution < -0.4 is 19.8 Å². The second-order valence-corrected chi connectivity index (χ2v) is 15.1. The molecule has 3 heterocycles. The third-order valence-electron chi connectivity index (χ3n) is 10.3. The molecule has 2 bridgehead atoms. The smallest absolute Gasteiger partial charge is 0.418 e. The Morgan fingerprint density at radius 2 is 1.59 bits per heavy atom. The molecule has 8 rings (SSSR count). The fraction of sp³-hybridized carbons (Fsp3) is 0.314. The molecule has 4 aromatic rings. The number of alkyl halides is 6. The number of carbonyl (C=O) groups excluding carboxylic acids is 3. The number of ether oxygens (including phenoxy) is 1. The minimum Gasteiger partial charge on any atom is -0.483 e. The van der Waals surface area contributed by atoms with E-state index in [-0.39, 0.29) is 39.3 Å². The molecule has 0 radical (unpaired) electrons. The van der Waals surface area contributed by atoms with Crippen molar-refractivity contribution in [2.75, 3.05) is 16.8 Å². The maximum atomic E-state index is 14.0. The Hall–Kier alpha value is -4.57. The first-order valence-corrected chi connectivity index (χ1v) is 17.5. The number of para-hydroxylation sites is 2. The number of hydrogen-bond acceptors (Lipinski definition) is 7. The fourth-order valence-corrected chi connectivity index (χ4v) is 11.4. The Morgan fingerprint density at radius 3 is 2.33 bits per heavy atom. The summed E-state index contributed by atoms with van der Waals surface area (Å²) in [5.74, 6) is -4.72. The molecule has 0 unspecified atom stereocenters. The lowest BCUT2D eigenvalue weighted by atomic mass is 9.68. The van der Waals surface area contributed by atoms with Gasteiger partial charge in [0.15, 0.2) is 6.61 Å². The van der Waals surface area contributed by atoms with E-state index in [0.29, 0.717) is 21.9 Å². The molecule has 3 fully saturated rings. The second kappa shape index (κ2) is 12.0. The van der Waals surface area contributed by atoms with E-state index in [1.165, 1.54) is 30.0 Å². The molecule has 3 aromatic carbocycles. The molecule has 16 heteroatoms. The number of rotatable bonds is 6. The van der Waals surface area contributed by atoms with E-state index in [4.69, 9.17) is 4.74 Å². The van der Waals surface area contributed by atoms with E-state index in [2.05, 4.69) is 10.3 Å². The highest BCUT2D eigenvalue weighted by Crippen LogP contribution is 2.69. The van der Waals surface area contributed by atoms with Gasteiger partial charge in [-0.25, -0.2) is 0 Å². The molecular formula is C35H25F6N3O5S2. The Labute approximate surface area is 293 Å². The normalized spacial score (nSPS) is 26.5. The lowest BCUT2D eigenvalue weighted by Crippen LogP contribution is -2.42. The van der Waals surface area contributed by atoms with Gasteiger partial charge in [0.05, 0.1) is 39.4 Å². The van der Waals surface area contributed by atoms with E-state index in [1.54, 1.807) is 24.3 Å². The average Bonchev–Trinajstić information content (AvgIpc) is 3.82. The van der Waals surface area contributed by atoms with Gasteiger partial charge in [0.1, 0.15) is 5.75 Å². The summed E-state index contributed by atoms with van der Waals surface area (Å²) in [7, 11) is 0. The number of anilines is 2. The first kappa shape index (κ1) is 33.6. The van der Waals surface area contributed by atoms with Gasteiger partial charge in [-0.05, 0) is 60.6 Å². The quantitative estimate of drug-likeness (QED) is 0.160. The van der Waals surface area contributed by atoms with Gasteiger partial charge in [0.25, 0.3) is 5.91 Å². The number of halogens is 6. The monoisotopic (exact) mass is 745 g/mol. The summed E-state index contributed by atoms with van der Waals surface area (Å²) in [5, 5.41) is 2.62. The molecule has 2 aliphatic heterocycles. The van der Waals surface area contributed by atoms with Crippen LogP contribution in [0.5, 0.6) is 5.75 Å². The minimum atomic E-state index is -4.70. The maximum Gasteiger partial charge on any atom is 0.418 e. The number of imide groups is 1. The number of aromatic nitrogens is 1. The third-order valence-corrected chi connectivity index (χ3v) is 12.9. The van der Waals surface area contributed by atoms with Gasteiger partial charge in [-0.1, -0.05) is 47.7 Å². The number of nitrogens with one attached hydrogen (secondary N) is 2. The number of amides is 3. The van der Waals surface area contributed by atoms with Crippen LogP contribution in [-0.2, 0) is 26.7 Å². The van der Waals surface area contributed by atoms with Crippen molar-refractivity contribution in [2.24, 2.45) is 29.6 Å². The van der Waals surface area contributed by atoms with Crippen molar-refractivity contribution >= 4 is 52.2 Å². The highest BCUT2D eigenvalue weighted by molar-refractivity contribution is 8.00. The maximum absolute atomic E-state index is 14.0. The van der Waals surface area contributed by atoms with Crippen molar-refractivity contribution in [2.45, 2.75) is 35.0 Å². The summed E-state index contributed by atoms with van der Waals surface area (Å²) in [6.45, 7) is -0.634. The molecule has 8 nitrogen and oxygen atoms in total. The molecule has 264 valence electrons. The minimum absolute atomic E-state index is 0.140. The Kier molecular flexibility index (Phi) is 7.90. The summed E-state index contributed by atoms with van der Waals surface area (Å²) >= 11 is 2.41. The number of H-pyrrole nitrogens is 1. The molecule has 7 atom stereocenters. The van der Waals surface area contributed by atoms with Crippen LogP contribution in [0.3, 0.4) is 0 Å². The van der Waals surface area contributed by atoms with Crippen LogP contribution in [0.25, 0.3) is 0 Å². The number of thioether (sulfide) groups is 1. The average molecular weight is 746 g/mol. The largest absolute Gasteiger partial charge is 0.483 e. The van der Waals surface area contributed by atoms with Gasteiger partial charge in [-0.15, -0.1) is 11.8 Å². The van der Waals surface area contributed by atoms with Crippen molar-refractivity contribution in [3.05, 3.63) is 104 Å². The van der Waals surface area contributed by atoms with Crippen molar-refractivity contribution in [3.63, 3.8) is 0 Å². The van der Waals surface area contributed by atoms with Crippen molar-refractivity contribution < 1.29 is 45.5 Å². The molecule has 0 spiro atoms. The zero-order valence-electron chi connectivity index (χ0n) is 26.0. The highest BCUT2D eigenvalue weighted by Gasteiger charge is 2.70. The first-order valence-electron chi connectivity index (χ1n) is 15.8. The molecular weight excluding hydrogens is 721 g/mol. The number of fused-ring (bicyclic) bond motifs is 9. The summed E-state index contributed by atoms with van der Waals surface area (Å²) in [6.07, 6.45) is -8.85. The number of aromatic amines is 1. The van der Waals surface area contributed by atoms with E-state index < -0.39 is 71.2 Å². The van der Waals surface area contributed by atoms with Crippen LogP contribution in [-0.4, -0.2) is 34.6 Å². The van der Waals surface area contributed by atoms with Crippen LogP contribution in [0, 0.1) is 29.6 Å².